The second-order valence-corrected chi connectivity index (χ2v) is 3.75. The maximum Gasteiger partial charge on any atom is 0.376 e. The van der Waals surface area contributed by atoms with Gasteiger partial charge in [0, 0.05) is 13.0 Å². The predicted molar refractivity (Wildman–Crippen MR) is 74.6 cm³/mol. The highest BCUT2D eigenvalue weighted by Crippen LogP contribution is 2.22. The molecule has 0 aliphatic rings. The molecule has 0 atom stereocenters. The van der Waals surface area contributed by atoms with E-state index in [1.165, 1.54) is 25.1 Å². The molecule has 0 bridgehead atoms. The highest BCUT2D eigenvalue weighted by Gasteiger charge is 2.16. The van der Waals surface area contributed by atoms with Crippen molar-refractivity contribution in [1.82, 2.24) is 5.32 Å². The van der Waals surface area contributed by atoms with E-state index in [1.807, 2.05) is 0 Å². The molecule has 0 radical (unpaired) electrons. The molecular formula is C12H14N4O5. The molecule has 0 aliphatic carbocycles. The molecule has 21 heavy (non-hydrogen) atoms. The van der Waals surface area contributed by atoms with Gasteiger partial charge in [0.1, 0.15) is 5.69 Å². The summed E-state index contributed by atoms with van der Waals surface area (Å²) in [7, 11) is 0. The molecule has 0 unspecified atom stereocenters. The Morgan fingerprint density at radius 1 is 1.38 bits per heavy atom. The van der Waals surface area contributed by atoms with Crippen LogP contribution < -0.4 is 10.7 Å². The number of amidine groups is 1. The van der Waals surface area contributed by atoms with Crippen LogP contribution in [0.5, 0.6) is 0 Å². The largest absolute Gasteiger partial charge is 0.460 e. The number of ether oxygens (including phenoxy) is 1. The summed E-state index contributed by atoms with van der Waals surface area (Å²) < 4.78 is 4.71. The number of benzene rings is 1. The second-order valence-electron chi connectivity index (χ2n) is 3.75. The summed E-state index contributed by atoms with van der Waals surface area (Å²) in [5.41, 5.74) is 2.23. The van der Waals surface area contributed by atoms with E-state index in [0.29, 0.717) is 0 Å². The van der Waals surface area contributed by atoms with E-state index in [0.717, 1.165) is 0 Å². The number of anilines is 1. The summed E-state index contributed by atoms with van der Waals surface area (Å²) in [6.07, 6.45) is 0. The van der Waals surface area contributed by atoms with Gasteiger partial charge >= 0.3 is 5.97 Å². The standard InChI is InChI=1S/C12H14N4O5/c1-3-21-12(18)11(13-8(2)17)15-14-9-6-4-5-7-10(9)16(19)20/h4-7,14H,3H2,1-2H3,(H,13,15,17). The number of hydrogen-bond acceptors (Lipinski definition) is 7. The lowest BCUT2D eigenvalue weighted by Gasteiger charge is -2.07. The minimum atomic E-state index is -0.848. The normalized spacial score (nSPS) is 10.7. The first kappa shape index (κ1) is 16.1. The summed E-state index contributed by atoms with van der Waals surface area (Å²) in [4.78, 5) is 32.8. The van der Waals surface area contributed by atoms with E-state index in [1.54, 1.807) is 13.0 Å². The predicted octanol–water partition coefficient (Wildman–Crippen LogP) is 1.02. The third-order valence-corrected chi connectivity index (χ3v) is 2.15. The van der Waals surface area contributed by atoms with Gasteiger partial charge in [-0.05, 0) is 13.0 Å². The van der Waals surface area contributed by atoms with Crippen molar-refractivity contribution in [3.05, 3.63) is 34.4 Å². The minimum absolute atomic E-state index is 0.0784. The minimum Gasteiger partial charge on any atom is -0.460 e. The van der Waals surface area contributed by atoms with Gasteiger partial charge in [0.05, 0.1) is 11.5 Å². The Balaban J connectivity index is 2.99. The Labute approximate surface area is 120 Å². The van der Waals surface area contributed by atoms with Gasteiger partial charge in [-0.1, -0.05) is 12.1 Å². The summed E-state index contributed by atoms with van der Waals surface area (Å²) in [5.74, 6) is -1.76. The summed E-state index contributed by atoms with van der Waals surface area (Å²) in [6.45, 7) is 2.89. The highest BCUT2D eigenvalue weighted by atomic mass is 16.6. The third kappa shape index (κ3) is 4.90. The average Bonchev–Trinajstić information content (AvgIpc) is 2.43. The van der Waals surface area contributed by atoms with Crippen LogP contribution in [-0.2, 0) is 14.3 Å². The Morgan fingerprint density at radius 2 is 2.05 bits per heavy atom. The number of amides is 1. The molecule has 0 aliphatic heterocycles. The maximum absolute atomic E-state index is 11.6. The Kier molecular flexibility index (Phi) is 5.80. The van der Waals surface area contributed by atoms with Gasteiger partial charge in [0.15, 0.2) is 0 Å². The van der Waals surface area contributed by atoms with Crippen LogP contribution in [-0.4, -0.2) is 29.2 Å². The molecule has 0 saturated carbocycles. The number of hydrogen-bond donors (Lipinski definition) is 2. The van der Waals surface area contributed by atoms with E-state index < -0.39 is 16.8 Å². The van der Waals surface area contributed by atoms with Gasteiger partial charge < -0.3 is 10.1 Å². The molecule has 2 N–H and O–H groups in total. The molecule has 0 spiro atoms. The molecule has 9 heteroatoms. The quantitative estimate of drug-likeness (QED) is 0.281. The number of hydrazone groups is 1. The van der Waals surface area contributed by atoms with Crippen LogP contribution in [0, 0.1) is 10.1 Å². The fourth-order valence-electron chi connectivity index (χ4n) is 1.33. The van der Waals surface area contributed by atoms with Gasteiger partial charge in [0.25, 0.3) is 5.69 Å². The lowest BCUT2D eigenvalue weighted by molar-refractivity contribution is -0.384. The highest BCUT2D eigenvalue weighted by molar-refractivity contribution is 6.38. The zero-order valence-corrected chi connectivity index (χ0v) is 11.5. The smallest absolute Gasteiger partial charge is 0.376 e. The molecule has 1 amide bonds. The summed E-state index contributed by atoms with van der Waals surface area (Å²) >= 11 is 0. The number of esters is 1. The molecular weight excluding hydrogens is 280 g/mol. The molecule has 0 fully saturated rings. The topological polar surface area (TPSA) is 123 Å². The van der Waals surface area contributed by atoms with Crippen molar-refractivity contribution in [2.45, 2.75) is 13.8 Å². The number of rotatable bonds is 4. The van der Waals surface area contributed by atoms with Gasteiger partial charge in [-0.25, -0.2) is 4.79 Å². The van der Waals surface area contributed by atoms with Gasteiger partial charge in [-0.2, -0.15) is 0 Å². The van der Waals surface area contributed by atoms with Crippen LogP contribution in [0.4, 0.5) is 11.4 Å². The van der Waals surface area contributed by atoms with Crippen molar-refractivity contribution in [2.75, 3.05) is 12.0 Å². The zero-order valence-electron chi connectivity index (χ0n) is 11.5. The van der Waals surface area contributed by atoms with Gasteiger partial charge in [-0.15, -0.1) is 5.10 Å². The number of carbonyl (C=O) groups is 2. The Bertz CT molecular complexity index is 585. The van der Waals surface area contributed by atoms with Crippen LogP contribution in [0.3, 0.4) is 0 Å². The lowest BCUT2D eigenvalue weighted by Crippen LogP contribution is -2.36. The Hall–Kier alpha value is -2.97. The molecule has 0 saturated heterocycles. The lowest BCUT2D eigenvalue weighted by atomic mass is 10.3. The average molecular weight is 294 g/mol. The monoisotopic (exact) mass is 294 g/mol. The number of nitrogens with zero attached hydrogens (tertiary/aromatic N) is 2. The zero-order chi connectivity index (χ0) is 15.8. The second kappa shape index (κ2) is 7.58. The van der Waals surface area contributed by atoms with E-state index in [4.69, 9.17) is 4.74 Å². The van der Waals surface area contributed by atoms with Crippen LogP contribution >= 0.6 is 0 Å². The van der Waals surface area contributed by atoms with Crippen LogP contribution in [0.1, 0.15) is 13.8 Å². The van der Waals surface area contributed by atoms with Crippen LogP contribution in [0.25, 0.3) is 0 Å². The molecule has 9 nitrogen and oxygen atoms in total. The van der Waals surface area contributed by atoms with E-state index in [2.05, 4.69) is 15.8 Å². The summed E-state index contributed by atoms with van der Waals surface area (Å²) in [5, 5.41) is 16.7. The number of nitro benzene ring substituents is 1. The fourth-order valence-corrected chi connectivity index (χ4v) is 1.33. The molecule has 1 aromatic rings. The molecule has 1 rings (SSSR count). The van der Waals surface area contributed by atoms with Crippen molar-refractivity contribution >= 4 is 29.1 Å². The van der Waals surface area contributed by atoms with Crippen molar-refractivity contribution < 1.29 is 19.2 Å². The number of nitro groups is 1. The van der Waals surface area contributed by atoms with E-state index in [-0.39, 0.29) is 23.8 Å². The van der Waals surface area contributed by atoms with E-state index in [9.17, 15) is 19.7 Å². The van der Waals surface area contributed by atoms with Crippen molar-refractivity contribution in [2.24, 2.45) is 5.10 Å². The molecule has 1 aromatic carbocycles. The van der Waals surface area contributed by atoms with Gasteiger partial charge in [-0.3, -0.25) is 20.3 Å². The number of para-hydroxylation sites is 2. The molecule has 112 valence electrons. The first-order valence-corrected chi connectivity index (χ1v) is 5.97. The number of nitrogens with one attached hydrogen (secondary N) is 2. The van der Waals surface area contributed by atoms with Crippen LogP contribution in [0.2, 0.25) is 0 Å². The first-order chi connectivity index (χ1) is 9.95. The first-order valence-electron chi connectivity index (χ1n) is 5.97. The SMILES string of the molecule is CCOC(=O)C(=NNc1ccccc1[N+](=O)[O-])NC(C)=O. The van der Waals surface area contributed by atoms with Crippen molar-refractivity contribution in [3.63, 3.8) is 0 Å². The Morgan fingerprint density at radius 3 is 2.62 bits per heavy atom. The van der Waals surface area contributed by atoms with Crippen LogP contribution in [0.15, 0.2) is 29.4 Å². The molecule has 0 heterocycles. The number of carbonyl (C=O) groups excluding carboxylic acids is 2. The molecule has 0 aromatic heterocycles. The van der Waals surface area contributed by atoms with Crippen molar-refractivity contribution in [1.29, 1.82) is 0 Å². The van der Waals surface area contributed by atoms with Gasteiger partial charge in [0.2, 0.25) is 11.7 Å². The fraction of sp³-hybridized carbons (Fsp3) is 0.250. The van der Waals surface area contributed by atoms with E-state index >= 15 is 0 Å². The third-order valence-electron chi connectivity index (χ3n) is 2.15. The maximum atomic E-state index is 11.6. The van der Waals surface area contributed by atoms with Crippen molar-refractivity contribution in [3.8, 4) is 0 Å². The summed E-state index contributed by atoms with van der Waals surface area (Å²) in [6, 6.07) is 5.75.